The van der Waals surface area contributed by atoms with E-state index < -0.39 is 5.54 Å². The van der Waals surface area contributed by atoms with E-state index >= 15 is 0 Å². The number of nitrogens with one attached hydrogen (secondary N) is 1. The maximum absolute atomic E-state index is 13.0. The van der Waals surface area contributed by atoms with Gasteiger partial charge in [0.15, 0.2) is 0 Å². The number of para-hydroxylation sites is 2. The van der Waals surface area contributed by atoms with E-state index in [2.05, 4.69) is 21.2 Å². The highest BCUT2D eigenvalue weighted by atomic mass is 16.5. The third-order valence-corrected chi connectivity index (χ3v) is 7.43. The molecule has 1 aliphatic carbocycles. The minimum Gasteiger partial charge on any atom is -0.495 e. The molecule has 0 unspecified atom stereocenters. The predicted molar refractivity (Wildman–Crippen MR) is 117 cm³/mol. The second-order valence-electron chi connectivity index (χ2n) is 9.04. The Morgan fingerprint density at radius 2 is 1.59 bits per heavy atom. The van der Waals surface area contributed by atoms with Gasteiger partial charge in [-0.05, 0) is 37.8 Å². The largest absolute Gasteiger partial charge is 0.495 e. The monoisotopic (exact) mass is 399 g/mol. The summed E-state index contributed by atoms with van der Waals surface area (Å²) in [6, 6.07) is 8.79. The van der Waals surface area contributed by atoms with Crippen LogP contribution < -0.4 is 15.0 Å². The molecule has 0 radical (unpaired) electrons. The van der Waals surface area contributed by atoms with Gasteiger partial charge in [-0.25, -0.2) is 0 Å². The molecule has 0 aromatic heterocycles. The number of carbonyl (C=O) groups is 1. The molecule has 1 spiro atoms. The topological polar surface area (TPSA) is 44.8 Å². The molecule has 3 aliphatic rings. The van der Waals surface area contributed by atoms with Crippen LogP contribution in [-0.2, 0) is 4.79 Å². The van der Waals surface area contributed by atoms with Crippen molar-refractivity contribution < 1.29 is 9.53 Å². The highest BCUT2D eigenvalue weighted by Crippen LogP contribution is 2.41. The highest BCUT2D eigenvalue weighted by Gasteiger charge is 2.51. The first-order valence-electron chi connectivity index (χ1n) is 11.7. The zero-order valence-corrected chi connectivity index (χ0v) is 18.0. The third-order valence-electron chi connectivity index (χ3n) is 7.43. The van der Waals surface area contributed by atoms with Gasteiger partial charge < -0.3 is 19.9 Å². The standard InChI is InChI=1S/C24H37N3O2/c1-29-22-14-10-9-13-21(22)27-19-25-23(28)24(27)15-17-26(18-16-24)20-11-7-5-3-2-4-6-8-12-20/h9-10,13-14,20H,2-8,11-12,15-19H2,1H3,(H,25,28). The lowest BCUT2D eigenvalue weighted by Gasteiger charge is -2.46. The van der Waals surface area contributed by atoms with E-state index in [1.54, 1.807) is 7.11 Å². The fraction of sp³-hybridized carbons (Fsp3) is 0.708. The Bertz CT molecular complexity index is 674. The fourth-order valence-corrected chi connectivity index (χ4v) is 5.67. The number of piperidine rings is 1. The van der Waals surface area contributed by atoms with Gasteiger partial charge in [-0.15, -0.1) is 0 Å². The Labute approximate surface area is 175 Å². The molecule has 160 valence electrons. The lowest BCUT2D eigenvalue weighted by atomic mass is 9.84. The van der Waals surface area contributed by atoms with Crippen LogP contribution in [0, 0.1) is 0 Å². The van der Waals surface area contributed by atoms with Gasteiger partial charge in [-0.1, -0.05) is 57.1 Å². The summed E-state index contributed by atoms with van der Waals surface area (Å²) in [5.41, 5.74) is 0.599. The van der Waals surface area contributed by atoms with Crippen molar-refractivity contribution in [2.45, 2.75) is 82.2 Å². The van der Waals surface area contributed by atoms with Crippen LogP contribution in [0.25, 0.3) is 0 Å². The maximum Gasteiger partial charge on any atom is 0.247 e. The summed E-state index contributed by atoms with van der Waals surface area (Å²) in [7, 11) is 1.71. The van der Waals surface area contributed by atoms with Crippen molar-refractivity contribution in [3.05, 3.63) is 24.3 Å². The number of anilines is 1. The number of nitrogens with zero attached hydrogens (tertiary/aromatic N) is 2. The zero-order valence-electron chi connectivity index (χ0n) is 18.0. The van der Waals surface area contributed by atoms with Crippen LogP contribution in [0.5, 0.6) is 5.75 Å². The smallest absolute Gasteiger partial charge is 0.247 e. The number of methoxy groups -OCH3 is 1. The Morgan fingerprint density at radius 3 is 2.24 bits per heavy atom. The molecule has 1 N–H and O–H groups in total. The van der Waals surface area contributed by atoms with Crippen LogP contribution in [0.1, 0.15) is 70.6 Å². The SMILES string of the molecule is COc1ccccc1N1CNC(=O)C12CCN(C1CCCCCCCCC1)CC2. The summed E-state index contributed by atoms with van der Waals surface area (Å²) in [6.07, 6.45) is 14.2. The van der Waals surface area contributed by atoms with E-state index in [-0.39, 0.29) is 5.91 Å². The summed E-state index contributed by atoms with van der Waals surface area (Å²) in [4.78, 5) is 17.9. The van der Waals surface area contributed by atoms with Crippen LogP contribution in [0.15, 0.2) is 24.3 Å². The van der Waals surface area contributed by atoms with Gasteiger partial charge >= 0.3 is 0 Å². The van der Waals surface area contributed by atoms with Crippen LogP contribution in [0.4, 0.5) is 5.69 Å². The van der Waals surface area contributed by atoms with Crippen molar-refractivity contribution in [2.75, 3.05) is 31.8 Å². The maximum atomic E-state index is 13.0. The molecule has 1 aromatic rings. The molecule has 5 heteroatoms. The van der Waals surface area contributed by atoms with E-state index in [9.17, 15) is 4.79 Å². The van der Waals surface area contributed by atoms with Gasteiger partial charge in [-0.2, -0.15) is 0 Å². The molecular weight excluding hydrogens is 362 g/mol. The molecule has 4 rings (SSSR count). The minimum absolute atomic E-state index is 0.189. The summed E-state index contributed by atoms with van der Waals surface area (Å²) in [5.74, 6) is 1.03. The molecule has 29 heavy (non-hydrogen) atoms. The van der Waals surface area contributed by atoms with Crippen molar-refractivity contribution in [1.82, 2.24) is 10.2 Å². The molecule has 2 aliphatic heterocycles. The molecular formula is C24H37N3O2. The Hall–Kier alpha value is -1.75. The number of likely N-dealkylation sites (tertiary alicyclic amines) is 1. The second kappa shape index (κ2) is 9.38. The Morgan fingerprint density at radius 1 is 0.966 bits per heavy atom. The molecule has 2 heterocycles. The minimum atomic E-state index is -0.429. The van der Waals surface area contributed by atoms with Gasteiger partial charge in [0.1, 0.15) is 11.3 Å². The molecule has 3 fully saturated rings. The molecule has 1 saturated carbocycles. The van der Waals surface area contributed by atoms with E-state index in [1.165, 1.54) is 57.8 Å². The fourth-order valence-electron chi connectivity index (χ4n) is 5.67. The average Bonchev–Trinajstić information content (AvgIpc) is 3.08. The van der Waals surface area contributed by atoms with Gasteiger partial charge in [0.05, 0.1) is 19.5 Å². The van der Waals surface area contributed by atoms with Gasteiger partial charge in [0, 0.05) is 19.1 Å². The number of benzene rings is 1. The second-order valence-corrected chi connectivity index (χ2v) is 9.04. The number of amides is 1. The molecule has 5 nitrogen and oxygen atoms in total. The van der Waals surface area contributed by atoms with Gasteiger partial charge in [-0.3, -0.25) is 4.79 Å². The van der Waals surface area contributed by atoms with Crippen LogP contribution in [0.3, 0.4) is 0 Å². The number of hydrogen-bond donors (Lipinski definition) is 1. The third kappa shape index (κ3) is 4.25. The average molecular weight is 400 g/mol. The van der Waals surface area contributed by atoms with Crippen molar-refractivity contribution in [3.8, 4) is 5.75 Å². The van der Waals surface area contributed by atoms with Crippen LogP contribution >= 0.6 is 0 Å². The van der Waals surface area contributed by atoms with Crippen LogP contribution in [-0.4, -0.2) is 49.3 Å². The van der Waals surface area contributed by atoms with Gasteiger partial charge in [0.2, 0.25) is 5.91 Å². The number of rotatable bonds is 3. The van der Waals surface area contributed by atoms with E-state index in [0.29, 0.717) is 12.7 Å². The Kier molecular flexibility index (Phi) is 6.63. The summed E-state index contributed by atoms with van der Waals surface area (Å²) < 4.78 is 5.60. The number of hydrogen-bond acceptors (Lipinski definition) is 4. The van der Waals surface area contributed by atoms with Crippen molar-refractivity contribution in [1.29, 1.82) is 0 Å². The molecule has 0 atom stereocenters. The molecule has 1 aromatic carbocycles. The number of ether oxygens (including phenoxy) is 1. The first kappa shape index (κ1) is 20.5. The van der Waals surface area contributed by atoms with Crippen molar-refractivity contribution >= 4 is 11.6 Å². The van der Waals surface area contributed by atoms with Crippen molar-refractivity contribution in [3.63, 3.8) is 0 Å². The van der Waals surface area contributed by atoms with E-state index in [4.69, 9.17) is 4.74 Å². The van der Waals surface area contributed by atoms with E-state index in [0.717, 1.165) is 37.4 Å². The summed E-state index contributed by atoms with van der Waals surface area (Å²) in [5, 5.41) is 3.12. The lowest BCUT2D eigenvalue weighted by Crippen LogP contribution is -2.57. The van der Waals surface area contributed by atoms with Crippen LogP contribution in [0.2, 0.25) is 0 Å². The molecule has 0 bridgehead atoms. The first-order chi connectivity index (χ1) is 14.2. The van der Waals surface area contributed by atoms with E-state index in [1.807, 2.05) is 18.2 Å². The van der Waals surface area contributed by atoms with Gasteiger partial charge in [0.25, 0.3) is 0 Å². The summed E-state index contributed by atoms with van der Waals surface area (Å²) in [6.45, 7) is 2.61. The molecule has 1 amide bonds. The predicted octanol–water partition coefficient (Wildman–Crippen LogP) is 4.32. The Balaban J connectivity index is 1.46. The molecule has 2 saturated heterocycles. The van der Waals surface area contributed by atoms with Crippen molar-refractivity contribution in [2.24, 2.45) is 0 Å². The normalized spacial score (nSPS) is 24.4. The quantitative estimate of drug-likeness (QED) is 0.822. The number of carbonyl (C=O) groups excluding carboxylic acids is 1. The zero-order chi connectivity index (χ0) is 20.1. The lowest BCUT2D eigenvalue weighted by molar-refractivity contribution is -0.125. The first-order valence-corrected chi connectivity index (χ1v) is 11.7. The highest BCUT2D eigenvalue weighted by molar-refractivity contribution is 5.94. The summed E-state index contributed by atoms with van der Waals surface area (Å²) >= 11 is 0.